The zero-order valence-corrected chi connectivity index (χ0v) is 11.4. The Balaban J connectivity index is 2.35. The first kappa shape index (κ1) is 12.5. The van der Waals surface area contributed by atoms with Crippen LogP contribution >= 0.6 is 22.9 Å². The third-order valence-electron chi connectivity index (χ3n) is 2.51. The van der Waals surface area contributed by atoms with Crippen molar-refractivity contribution in [3.05, 3.63) is 33.0 Å². The van der Waals surface area contributed by atoms with Gasteiger partial charge in [0.2, 0.25) is 0 Å². The van der Waals surface area contributed by atoms with E-state index in [0.29, 0.717) is 5.02 Å². The van der Waals surface area contributed by atoms with E-state index in [1.54, 1.807) is 17.5 Å². The van der Waals surface area contributed by atoms with E-state index >= 15 is 0 Å². The lowest BCUT2D eigenvalue weighted by atomic mass is 10.2. The van der Waals surface area contributed by atoms with Crippen molar-refractivity contribution in [1.82, 2.24) is 14.8 Å². The first-order valence-electron chi connectivity index (χ1n) is 5.52. The molecule has 6 heteroatoms. The minimum atomic E-state index is -0.247. The molecule has 0 radical (unpaired) electrons. The maximum atomic E-state index is 6.23. The van der Waals surface area contributed by atoms with Gasteiger partial charge in [0.15, 0.2) is 0 Å². The molecule has 0 saturated heterocycles. The minimum absolute atomic E-state index is 0.247. The summed E-state index contributed by atoms with van der Waals surface area (Å²) in [5.41, 5.74) is 7.10. The van der Waals surface area contributed by atoms with Gasteiger partial charge in [0.25, 0.3) is 0 Å². The first-order valence-corrected chi connectivity index (χ1v) is 6.72. The molecule has 2 rings (SSSR count). The standard InChI is InChI=1S/C11H15ClN4S/c1-3-4-16-11(8(12)5-15-16)10(13)9-6-14-7(2)17-9/h5-6,10H,3-4,13H2,1-2H3. The van der Waals surface area contributed by atoms with Crippen molar-refractivity contribution in [2.45, 2.75) is 32.9 Å². The number of aryl methyl sites for hydroxylation is 2. The van der Waals surface area contributed by atoms with Gasteiger partial charge in [-0.15, -0.1) is 11.3 Å². The molecule has 0 aliphatic rings. The zero-order valence-electron chi connectivity index (χ0n) is 9.85. The summed E-state index contributed by atoms with van der Waals surface area (Å²) in [6.07, 6.45) is 4.46. The van der Waals surface area contributed by atoms with Gasteiger partial charge in [-0.3, -0.25) is 4.68 Å². The summed E-state index contributed by atoms with van der Waals surface area (Å²) >= 11 is 7.75. The molecule has 0 aliphatic heterocycles. The van der Waals surface area contributed by atoms with Crippen LogP contribution in [0.25, 0.3) is 0 Å². The second-order valence-electron chi connectivity index (χ2n) is 3.86. The van der Waals surface area contributed by atoms with E-state index in [1.165, 1.54) is 0 Å². The smallest absolute Gasteiger partial charge is 0.0897 e. The fourth-order valence-corrected chi connectivity index (χ4v) is 2.78. The van der Waals surface area contributed by atoms with Crippen LogP contribution in [0.1, 0.15) is 35.0 Å². The molecule has 0 amide bonds. The van der Waals surface area contributed by atoms with Crippen molar-refractivity contribution in [3.63, 3.8) is 0 Å². The summed E-state index contributed by atoms with van der Waals surface area (Å²) in [5.74, 6) is 0. The Morgan fingerprint density at radius 2 is 2.29 bits per heavy atom. The molecule has 1 unspecified atom stereocenters. The minimum Gasteiger partial charge on any atom is -0.318 e. The molecule has 17 heavy (non-hydrogen) atoms. The number of thiazole rings is 1. The van der Waals surface area contributed by atoms with Crippen LogP contribution < -0.4 is 5.73 Å². The summed E-state index contributed by atoms with van der Waals surface area (Å²) in [7, 11) is 0. The van der Waals surface area contributed by atoms with Gasteiger partial charge in [0, 0.05) is 17.6 Å². The Labute approximate surface area is 109 Å². The highest BCUT2D eigenvalue weighted by atomic mass is 35.5. The van der Waals surface area contributed by atoms with Gasteiger partial charge in [-0.1, -0.05) is 18.5 Å². The average molecular weight is 271 g/mol. The number of halogens is 1. The number of hydrogen-bond acceptors (Lipinski definition) is 4. The van der Waals surface area contributed by atoms with Gasteiger partial charge in [0.05, 0.1) is 28.0 Å². The lowest BCUT2D eigenvalue weighted by Gasteiger charge is -2.12. The van der Waals surface area contributed by atoms with E-state index in [0.717, 1.165) is 28.5 Å². The Kier molecular flexibility index (Phi) is 3.81. The number of hydrogen-bond donors (Lipinski definition) is 1. The Morgan fingerprint density at radius 3 is 2.88 bits per heavy atom. The molecular weight excluding hydrogens is 256 g/mol. The van der Waals surface area contributed by atoms with Gasteiger partial charge in [-0.2, -0.15) is 5.10 Å². The fraction of sp³-hybridized carbons (Fsp3) is 0.455. The maximum Gasteiger partial charge on any atom is 0.0897 e. The largest absolute Gasteiger partial charge is 0.318 e. The number of rotatable bonds is 4. The van der Waals surface area contributed by atoms with Gasteiger partial charge < -0.3 is 5.73 Å². The van der Waals surface area contributed by atoms with Crippen molar-refractivity contribution in [2.24, 2.45) is 5.73 Å². The molecule has 92 valence electrons. The van der Waals surface area contributed by atoms with E-state index in [9.17, 15) is 0 Å². The topological polar surface area (TPSA) is 56.7 Å². The maximum absolute atomic E-state index is 6.23. The Bertz CT molecular complexity index is 505. The third kappa shape index (κ3) is 2.51. The molecule has 0 bridgehead atoms. The molecule has 2 aromatic rings. The SMILES string of the molecule is CCCn1ncc(Cl)c1C(N)c1cnc(C)s1. The molecule has 4 nitrogen and oxygen atoms in total. The van der Waals surface area contributed by atoms with Crippen LogP contribution in [0.2, 0.25) is 5.02 Å². The van der Waals surface area contributed by atoms with Crippen molar-refractivity contribution in [3.8, 4) is 0 Å². The number of nitrogens with two attached hydrogens (primary N) is 1. The van der Waals surface area contributed by atoms with Crippen LogP contribution in [-0.2, 0) is 6.54 Å². The predicted octanol–water partition coefficient (Wildman–Crippen LogP) is 2.76. The van der Waals surface area contributed by atoms with Gasteiger partial charge in [0.1, 0.15) is 0 Å². The third-order valence-corrected chi connectivity index (χ3v) is 3.80. The zero-order chi connectivity index (χ0) is 12.4. The number of aromatic nitrogens is 3. The fourth-order valence-electron chi connectivity index (χ4n) is 1.73. The first-order chi connectivity index (χ1) is 8.13. The van der Waals surface area contributed by atoms with Gasteiger partial charge in [-0.05, 0) is 13.3 Å². The van der Waals surface area contributed by atoms with Crippen molar-refractivity contribution >= 4 is 22.9 Å². The van der Waals surface area contributed by atoms with Crippen LogP contribution in [0.15, 0.2) is 12.4 Å². The summed E-state index contributed by atoms with van der Waals surface area (Å²) in [6, 6.07) is -0.247. The van der Waals surface area contributed by atoms with Crippen LogP contribution in [0.4, 0.5) is 0 Å². The van der Waals surface area contributed by atoms with Crippen LogP contribution in [0.3, 0.4) is 0 Å². The summed E-state index contributed by atoms with van der Waals surface area (Å²) < 4.78 is 1.88. The normalized spacial score (nSPS) is 12.9. The Morgan fingerprint density at radius 1 is 1.53 bits per heavy atom. The molecule has 0 aromatic carbocycles. The summed E-state index contributed by atoms with van der Waals surface area (Å²) in [4.78, 5) is 5.23. The number of nitrogens with zero attached hydrogens (tertiary/aromatic N) is 3. The van der Waals surface area contributed by atoms with Crippen LogP contribution in [-0.4, -0.2) is 14.8 Å². The molecule has 1 atom stereocenters. The highest BCUT2D eigenvalue weighted by Gasteiger charge is 2.19. The van der Waals surface area contributed by atoms with Gasteiger partial charge >= 0.3 is 0 Å². The molecule has 0 aliphatic carbocycles. The van der Waals surface area contributed by atoms with E-state index in [4.69, 9.17) is 17.3 Å². The molecule has 2 N–H and O–H groups in total. The van der Waals surface area contributed by atoms with Crippen LogP contribution in [0.5, 0.6) is 0 Å². The second kappa shape index (κ2) is 5.16. The molecule has 0 spiro atoms. The average Bonchev–Trinajstić information content (AvgIpc) is 2.86. The quantitative estimate of drug-likeness (QED) is 0.929. The lowest BCUT2D eigenvalue weighted by Crippen LogP contribution is -2.17. The van der Waals surface area contributed by atoms with E-state index in [2.05, 4.69) is 17.0 Å². The Hall–Kier alpha value is -0.910. The molecular formula is C11H15ClN4S. The van der Waals surface area contributed by atoms with E-state index in [1.807, 2.05) is 17.8 Å². The highest BCUT2D eigenvalue weighted by Crippen LogP contribution is 2.29. The van der Waals surface area contributed by atoms with E-state index < -0.39 is 0 Å². The van der Waals surface area contributed by atoms with E-state index in [-0.39, 0.29) is 6.04 Å². The molecule has 0 saturated carbocycles. The highest BCUT2D eigenvalue weighted by molar-refractivity contribution is 7.11. The molecule has 2 aromatic heterocycles. The molecule has 2 heterocycles. The monoisotopic (exact) mass is 270 g/mol. The second-order valence-corrected chi connectivity index (χ2v) is 5.53. The van der Waals surface area contributed by atoms with Gasteiger partial charge in [-0.25, -0.2) is 4.98 Å². The van der Waals surface area contributed by atoms with Crippen molar-refractivity contribution in [1.29, 1.82) is 0 Å². The lowest BCUT2D eigenvalue weighted by molar-refractivity contribution is 0.561. The summed E-state index contributed by atoms with van der Waals surface area (Å²) in [6.45, 7) is 4.89. The van der Waals surface area contributed by atoms with Crippen molar-refractivity contribution in [2.75, 3.05) is 0 Å². The van der Waals surface area contributed by atoms with Crippen molar-refractivity contribution < 1.29 is 0 Å². The summed E-state index contributed by atoms with van der Waals surface area (Å²) in [5, 5.41) is 5.88. The predicted molar refractivity (Wildman–Crippen MR) is 70.4 cm³/mol. The molecule has 0 fully saturated rings. The van der Waals surface area contributed by atoms with Crippen LogP contribution in [0, 0.1) is 6.92 Å².